The van der Waals surface area contributed by atoms with Crippen LogP contribution in [-0.2, 0) is 19.1 Å². The Bertz CT molecular complexity index is 617. The van der Waals surface area contributed by atoms with Gasteiger partial charge in [0.15, 0.2) is 5.60 Å². The number of esters is 2. The molecule has 0 amide bonds. The molecule has 0 bridgehead atoms. The third kappa shape index (κ3) is 4.99. The summed E-state index contributed by atoms with van der Waals surface area (Å²) in [5, 5.41) is 11.0. The molecule has 0 aliphatic carbocycles. The molecule has 1 aromatic rings. The largest absolute Gasteiger partial charge is 0.828 e. The lowest BCUT2D eigenvalue weighted by molar-refractivity contribution is -0.574. The van der Waals surface area contributed by atoms with Crippen molar-refractivity contribution in [1.29, 1.82) is 0 Å². The van der Waals surface area contributed by atoms with E-state index < -0.39 is 47.0 Å². The molecule has 0 saturated heterocycles. The van der Waals surface area contributed by atoms with Gasteiger partial charge in [-0.2, -0.15) is 26.3 Å². The van der Waals surface area contributed by atoms with Crippen LogP contribution in [0.5, 0.6) is 0 Å². The number of alkyl halides is 7. The van der Waals surface area contributed by atoms with E-state index in [4.69, 9.17) is 0 Å². The molecule has 0 N–H and O–H groups in total. The molecule has 146 valence electrons. The number of hydrogen-bond donors (Lipinski definition) is 0. The normalized spacial score (nSPS) is 13.8. The van der Waals surface area contributed by atoms with Gasteiger partial charge >= 0.3 is 24.3 Å². The second-order valence-electron chi connectivity index (χ2n) is 4.75. The zero-order valence-electron chi connectivity index (χ0n) is 12.6. The lowest BCUT2D eigenvalue weighted by atomic mass is 10.0. The molecular weight excluding hydrogens is 489 g/mol. The molecule has 0 radical (unpaired) electrons. The zero-order chi connectivity index (χ0) is 20.2. The van der Waals surface area contributed by atoms with Gasteiger partial charge < -0.3 is 14.6 Å². The van der Waals surface area contributed by atoms with Crippen molar-refractivity contribution < 1.29 is 50.5 Å². The molecule has 12 heteroatoms. The number of rotatable bonds is 6. The van der Waals surface area contributed by atoms with Crippen molar-refractivity contribution in [2.45, 2.75) is 21.9 Å². The number of carbonyl (C=O) groups is 2. The minimum Gasteiger partial charge on any atom is -0.828 e. The summed E-state index contributed by atoms with van der Waals surface area (Å²) in [4.78, 5) is 22.8. The maximum atomic E-state index is 12.4. The van der Waals surface area contributed by atoms with E-state index in [0.29, 0.717) is 5.56 Å². The molecule has 5 nitrogen and oxygen atoms in total. The van der Waals surface area contributed by atoms with Crippen molar-refractivity contribution in [1.82, 2.24) is 0 Å². The van der Waals surface area contributed by atoms with Gasteiger partial charge in [-0.15, -0.1) is 0 Å². The molecule has 0 aliphatic rings. The van der Waals surface area contributed by atoms with E-state index >= 15 is 0 Å². The van der Waals surface area contributed by atoms with Crippen LogP contribution >= 0.6 is 22.6 Å². The van der Waals surface area contributed by atoms with Crippen LogP contribution in [0.1, 0.15) is 9.49 Å². The van der Waals surface area contributed by atoms with Gasteiger partial charge in [-0.1, -0.05) is 52.9 Å². The Kier molecular flexibility index (Phi) is 7.27. The number of ether oxygens (including phenoxy) is 2. The van der Waals surface area contributed by atoms with Gasteiger partial charge in [0.2, 0.25) is 0 Å². The van der Waals surface area contributed by atoms with Crippen LogP contribution in [0.15, 0.2) is 30.3 Å². The number of halogens is 7. The quantitative estimate of drug-likeness (QED) is 0.198. The van der Waals surface area contributed by atoms with E-state index in [1.54, 1.807) is 52.9 Å². The smallest absolute Gasteiger partial charge is 0.399 e. The average molecular weight is 499 g/mol. The molecule has 1 rings (SSSR count). The van der Waals surface area contributed by atoms with Crippen molar-refractivity contribution in [2.75, 3.05) is 13.2 Å². The first kappa shape index (κ1) is 22.5. The fourth-order valence-corrected chi connectivity index (χ4v) is 2.20. The molecule has 0 aliphatic heterocycles. The first-order valence-electron chi connectivity index (χ1n) is 6.69. The molecule has 1 unspecified atom stereocenters. The maximum absolute atomic E-state index is 12.4. The van der Waals surface area contributed by atoms with Gasteiger partial charge in [0, 0.05) is 0 Å². The topological polar surface area (TPSA) is 75.7 Å². The maximum Gasteiger partial charge on any atom is 0.399 e. The summed E-state index contributed by atoms with van der Waals surface area (Å²) in [5.74, 6) is -3.92. The Morgan fingerprint density at radius 2 is 1.42 bits per heavy atom. The summed E-state index contributed by atoms with van der Waals surface area (Å²) in [6.07, 6.45) is -12.9. The van der Waals surface area contributed by atoms with Gasteiger partial charge in [-0.05, 0) is 5.56 Å². The molecule has 0 spiro atoms. The van der Waals surface area contributed by atoms with Crippen molar-refractivity contribution in [3.63, 3.8) is 0 Å². The fraction of sp³-hybridized carbons (Fsp3) is 0.429. The van der Waals surface area contributed by atoms with Gasteiger partial charge in [0.1, 0.15) is 17.1 Å². The highest BCUT2D eigenvalue weighted by Gasteiger charge is 2.68. The predicted octanol–water partition coefficient (Wildman–Crippen LogP) is 2.47. The number of hydrogen-bond acceptors (Lipinski definition) is 5. The van der Waals surface area contributed by atoms with Crippen LogP contribution in [0, 0.1) is 0 Å². The lowest BCUT2D eigenvalue weighted by Crippen LogP contribution is -2.71. The average Bonchev–Trinajstić information content (AvgIpc) is 2.55. The molecule has 0 saturated carbocycles. The summed E-state index contributed by atoms with van der Waals surface area (Å²) in [6.45, 7) is -1.96. The van der Waals surface area contributed by atoms with E-state index in [9.17, 15) is 41.0 Å². The molecule has 1 aromatic carbocycles. The third-order valence-corrected chi connectivity index (χ3v) is 4.17. The standard InChI is InChI=1S/C14H10F6IO5/c15-13(16,17)12(24,14(18,19)20)11(23)26-7-6-25-10(22)9(21)8-4-2-1-3-5-8/h1-5,9H,6-7H2/q-1. The van der Waals surface area contributed by atoms with E-state index in [0.717, 1.165) is 0 Å². The Balaban J connectivity index is 2.59. The minimum absolute atomic E-state index is 0.544. The van der Waals surface area contributed by atoms with Crippen LogP contribution in [0.3, 0.4) is 0 Å². The second kappa shape index (κ2) is 8.41. The second-order valence-corrected chi connectivity index (χ2v) is 6.00. The lowest BCUT2D eigenvalue weighted by Gasteiger charge is -2.40. The fourth-order valence-electron chi connectivity index (χ4n) is 1.60. The Morgan fingerprint density at radius 1 is 0.962 bits per heavy atom. The van der Waals surface area contributed by atoms with Crippen LogP contribution in [0.2, 0.25) is 0 Å². The summed E-state index contributed by atoms with van der Waals surface area (Å²) in [5.41, 5.74) is -5.37. The van der Waals surface area contributed by atoms with Gasteiger partial charge in [-0.25, -0.2) is 0 Å². The highest BCUT2D eigenvalue weighted by atomic mass is 127. The highest BCUT2D eigenvalue weighted by Crippen LogP contribution is 2.41. The minimum atomic E-state index is -6.44. The molecule has 0 heterocycles. The van der Waals surface area contributed by atoms with E-state index in [-0.39, 0.29) is 0 Å². The predicted molar refractivity (Wildman–Crippen MR) is 80.0 cm³/mol. The summed E-state index contributed by atoms with van der Waals surface area (Å²) in [7, 11) is 0. The van der Waals surface area contributed by atoms with Gasteiger partial charge in [0.25, 0.3) is 0 Å². The number of carbonyl (C=O) groups excluding carboxylic acids is 2. The summed E-state index contributed by atoms with van der Waals surface area (Å²) in [6, 6.07) is 8.15. The molecule has 0 fully saturated rings. The Morgan fingerprint density at radius 3 is 1.88 bits per heavy atom. The van der Waals surface area contributed by atoms with Crippen LogP contribution < -0.4 is 5.11 Å². The Labute approximate surface area is 156 Å². The van der Waals surface area contributed by atoms with Crippen molar-refractivity contribution in [3.05, 3.63) is 35.9 Å². The monoisotopic (exact) mass is 499 g/mol. The van der Waals surface area contributed by atoms with Crippen LogP contribution in [0.25, 0.3) is 0 Å². The first-order chi connectivity index (χ1) is 11.8. The molecule has 1 atom stereocenters. The van der Waals surface area contributed by atoms with Crippen molar-refractivity contribution in [3.8, 4) is 0 Å². The molecule has 0 aromatic heterocycles. The molecular formula is C14H10F6IO5-. The van der Waals surface area contributed by atoms with Crippen LogP contribution in [0.4, 0.5) is 26.3 Å². The molecule has 26 heavy (non-hydrogen) atoms. The summed E-state index contributed by atoms with van der Waals surface area (Å²) >= 11 is 1.70. The van der Waals surface area contributed by atoms with Gasteiger partial charge in [0.05, 0.1) is 0 Å². The Hall–Kier alpha value is -1.57. The van der Waals surface area contributed by atoms with Crippen molar-refractivity contribution in [2.24, 2.45) is 0 Å². The zero-order valence-corrected chi connectivity index (χ0v) is 14.7. The van der Waals surface area contributed by atoms with E-state index in [1.165, 1.54) is 0 Å². The van der Waals surface area contributed by atoms with Crippen LogP contribution in [-0.4, -0.2) is 43.1 Å². The third-order valence-electron chi connectivity index (χ3n) is 2.95. The van der Waals surface area contributed by atoms with E-state index in [2.05, 4.69) is 9.47 Å². The van der Waals surface area contributed by atoms with Gasteiger partial charge in [-0.3, -0.25) is 9.59 Å². The highest BCUT2D eigenvalue weighted by molar-refractivity contribution is 14.1. The van der Waals surface area contributed by atoms with Crippen molar-refractivity contribution >= 4 is 34.5 Å². The summed E-state index contributed by atoms with van der Waals surface area (Å²) < 4.78 is 81.7. The first-order valence-corrected chi connectivity index (χ1v) is 7.93. The number of benzene rings is 1. The SMILES string of the molecule is O=C(OCCOC(=O)C([O-])(C(F)(F)F)C(F)(F)F)C(I)c1ccccc1. The van der Waals surface area contributed by atoms with E-state index in [1.807, 2.05) is 0 Å².